The number of aryl methyl sites for hydroxylation is 1. The fourth-order valence-corrected chi connectivity index (χ4v) is 1.17. The Kier molecular flexibility index (Phi) is 2.86. The van der Waals surface area contributed by atoms with Gasteiger partial charge in [0.15, 0.2) is 11.0 Å². The summed E-state index contributed by atoms with van der Waals surface area (Å²) < 4.78 is 4.92. The molecule has 0 saturated heterocycles. The summed E-state index contributed by atoms with van der Waals surface area (Å²) in [4.78, 5) is 12.9. The highest BCUT2D eigenvalue weighted by molar-refractivity contribution is 6.29. The second-order valence-electron chi connectivity index (χ2n) is 2.86. The van der Waals surface area contributed by atoms with Crippen molar-refractivity contribution in [2.75, 3.05) is 5.32 Å². The Morgan fingerprint density at radius 3 is 3.00 bits per heavy atom. The number of carbonyl (C=O) groups is 1. The predicted molar refractivity (Wildman–Crippen MR) is 55.2 cm³/mol. The Balaban J connectivity index is 2.07. The third-order valence-corrected chi connectivity index (χ3v) is 1.96. The van der Waals surface area contributed by atoms with Crippen molar-refractivity contribution in [2.24, 2.45) is 0 Å². The van der Waals surface area contributed by atoms with Crippen molar-refractivity contribution in [2.45, 2.75) is 13.5 Å². The number of amides is 1. The number of anilines is 1. The first kappa shape index (κ1) is 10.6. The number of nitrogens with zero attached hydrogens (tertiary/aromatic N) is 4. The van der Waals surface area contributed by atoms with Gasteiger partial charge in [0.25, 0.3) is 11.9 Å². The average molecular weight is 242 g/mol. The molecule has 0 aliphatic rings. The van der Waals surface area contributed by atoms with Crippen LogP contribution in [0.1, 0.15) is 17.5 Å². The van der Waals surface area contributed by atoms with Gasteiger partial charge in [-0.1, -0.05) is 5.10 Å². The molecule has 0 aliphatic carbocycles. The molecule has 0 bridgehead atoms. The van der Waals surface area contributed by atoms with E-state index in [1.54, 1.807) is 0 Å². The first-order chi connectivity index (χ1) is 7.69. The lowest BCUT2D eigenvalue weighted by atomic mass is 10.4. The molecule has 2 heterocycles. The van der Waals surface area contributed by atoms with Crippen LogP contribution < -0.4 is 5.32 Å². The number of halogens is 1. The average Bonchev–Trinajstić information content (AvgIpc) is 2.87. The van der Waals surface area contributed by atoms with Gasteiger partial charge in [0.05, 0.1) is 6.54 Å². The molecule has 2 aromatic rings. The summed E-state index contributed by atoms with van der Waals surface area (Å²) in [6.07, 6.45) is 0. The molecule has 84 valence electrons. The van der Waals surface area contributed by atoms with Gasteiger partial charge in [-0.3, -0.25) is 10.1 Å². The van der Waals surface area contributed by atoms with Gasteiger partial charge < -0.3 is 4.42 Å². The lowest BCUT2D eigenvalue weighted by Crippen LogP contribution is -2.12. The van der Waals surface area contributed by atoms with Crippen molar-refractivity contribution in [1.82, 2.24) is 20.2 Å². The van der Waals surface area contributed by atoms with Crippen LogP contribution in [0.15, 0.2) is 16.5 Å². The van der Waals surface area contributed by atoms with Crippen LogP contribution in [0.25, 0.3) is 0 Å². The van der Waals surface area contributed by atoms with E-state index in [-0.39, 0.29) is 16.9 Å². The van der Waals surface area contributed by atoms with Crippen molar-refractivity contribution in [3.05, 3.63) is 23.1 Å². The van der Waals surface area contributed by atoms with Gasteiger partial charge in [-0.25, -0.2) is 0 Å². The topological polar surface area (TPSA) is 85.8 Å². The van der Waals surface area contributed by atoms with E-state index in [9.17, 15) is 4.79 Å². The van der Waals surface area contributed by atoms with E-state index < -0.39 is 5.91 Å². The smallest absolute Gasteiger partial charge is 0.293 e. The van der Waals surface area contributed by atoms with E-state index in [1.165, 1.54) is 16.9 Å². The molecule has 0 saturated carbocycles. The molecule has 2 rings (SSSR count). The van der Waals surface area contributed by atoms with Gasteiger partial charge in [-0.05, 0) is 35.9 Å². The van der Waals surface area contributed by atoms with Crippen molar-refractivity contribution in [3.63, 3.8) is 0 Å². The Morgan fingerprint density at radius 2 is 2.44 bits per heavy atom. The first-order valence-corrected chi connectivity index (χ1v) is 4.91. The monoisotopic (exact) mass is 241 g/mol. The summed E-state index contributed by atoms with van der Waals surface area (Å²) >= 11 is 5.54. The summed E-state index contributed by atoms with van der Waals surface area (Å²) in [5.74, 6) is -0.250. The predicted octanol–water partition coefficient (Wildman–Crippen LogP) is 1.19. The van der Waals surface area contributed by atoms with E-state index >= 15 is 0 Å². The number of hydrogen-bond donors (Lipinski definition) is 1. The fourth-order valence-electron chi connectivity index (χ4n) is 1.03. The minimum Gasteiger partial charge on any atom is -0.440 e. The summed E-state index contributed by atoms with van der Waals surface area (Å²) in [6, 6.07) is 2.94. The molecule has 0 spiro atoms. The van der Waals surface area contributed by atoms with Crippen LogP contribution in [0.4, 0.5) is 5.95 Å². The molecule has 0 aromatic carbocycles. The third kappa shape index (κ3) is 2.19. The SMILES string of the molecule is CCn1nnc(NC(=O)c2ccc(Cl)o2)n1. The first-order valence-electron chi connectivity index (χ1n) is 4.53. The van der Waals surface area contributed by atoms with E-state index in [1.807, 2.05) is 6.92 Å². The number of rotatable bonds is 3. The number of tetrazole rings is 1. The molecule has 0 radical (unpaired) electrons. The Hall–Kier alpha value is -1.89. The fraction of sp³-hybridized carbons (Fsp3) is 0.250. The van der Waals surface area contributed by atoms with E-state index in [0.717, 1.165) is 0 Å². The standard InChI is InChI=1S/C8H8ClN5O2/c1-2-14-12-8(11-13-14)10-7(15)5-3-4-6(9)16-5/h3-4H,2H2,1H3,(H,10,12,15). The molecular weight excluding hydrogens is 234 g/mol. The van der Waals surface area contributed by atoms with Gasteiger partial charge in [-0.2, -0.15) is 4.80 Å². The largest absolute Gasteiger partial charge is 0.440 e. The highest BCUT2D eigenvalue weighted by Crippen LogP contribution is 2.13. The minimum absolute atomic E-state index is 0.0952. The van der Waals surface area contributed by atoms with Crippen molar-refractivity contribution in [3.8, 4) is 0 Å². The van der Waals surface area contributed by atoms with Crippen LogP contribution in [0, 0.1) is 0 Å². The van der Waals surface area contributed by atoms with E-state index in [2.05, 4.69) is 20.7 Å². The Morgan fingerprint density at radius 1 is 1.62 bits per heavy atom. The van der Waals surface area contributed by atoms with Crippen molar-refractivity contribution < 1.29 is 9.21 Å². The van der Waals surface area contributed by atoms with Crippen LogP contribution >= 0.6 is 11.6 Å². The molecule has 0 aliphatic heterocycles. The zero-order valence-electron chi connectivity index (χ0n) is 8.35. The van der Waals surface area contributed by atoms with Crippen LogP contribution in [-0.2, 0) is 6.54 Å². The Labute approximate surface area is 95.4 Å². The summed E-state index contributed by atoms with van der Waals surface area (Å²) in [7, 11) is 0. The summed E-state index contributed by atoms with van der Waals surface area (Å²) in [5.41, 5.74) is 0. The van der Waals surface area contributed by atoms with Gasteiger partial charge in [0.1, 0.15) is 0 Å². The second-order valence-corrected chi connectivity index (χ2v) is 3.23. The lowest BCUT2D eigenvalue weighted by Gasteiger charge is -1.95. The molecular formula is C8H8ClN5O2. The van der Waals surface area contributed by atoms with Crippen LogP contribution in [0.5, 0.6) is 0 Å². The molecule has 2 aromatic heterocycles. The highest BCUT2D eigenvalue weighted by Gasteiger charge is 2.13. The second kappa shape index (κ2) is 4.31. The molecule has 8 heteroatoms. The molecule has 0 atom stereocenters. The molecule has 1 amide bonds. The van der Waals surface area contributed by atoms with Crippen molar-refractivity contribution >= 4 is 23.5 Å². The molecule has 0 fully saturated rings. The molecule has 1 N–H and O–H groups in total. The maximum Gasteiger partial charge on any atom is 0.293 e. The number of furan rings is 1. The number of carbonyl (C=O) groups excluding carboxylic acids is 1. The number of hydrogen-bond acceptors (Lipinski definition) is 5. The lowest BCUT2D eigenvalue weighted by molar-refractivity contribution is 0.0996. The normalized spacial score (nSPS) is 10.4. The third-order valence-electron chi connectivity index (χ3n) is 1.76. The molecule has 0 unspecified atom stereocenters. The summed E-state index contributed by atoms with van der Waals surface area (Å²) in [6.45, 7) is 2.44. The maximum absolute atomic E-state index is 11.5. The zero-order chi connectivity index (χ0) is 11.5. The summed E-state index contributed by atoms with van der Waals surface area (Å²) in [5, 5.41) is 13.8. The van der Waals surface area contributed by atoms with Gasteiger partial charge in [0.2, 0.25) is 0 Å². The van der Waals surface area contributed by atoms with Crippen LogP contribution in [-0.4, -0.2) is 26.1 Å². The van der Waals surface area contributed by atoms with Gasteiger partial charge >= 0.3 is 0 Å². The van der Waals surface area contributed by atoms with Crippen molar-refractivity contribution in [1.29, 1.82) is 0 Å². The van der Waals surface area contributed by atoms with Gasteiger partial charge in [-0.15, -0.1) is 5.10 Å². The van der Waals surface area contributed by atoms with E-state index in [4.69, 9.17) is 16.0 Å². The van der Waals surface area contributed by atoms with Crippen LogP contribution in [0.2, 0.25) is 5.22 Å². The number of nitrogens with one attached hydrogen (secondary N) is 1. The maximum atomic E-state index is 11.5. The molecule has 7 nitrogen and oxygen atoms in total. The minimum atomic E-state index is -0.470. The Bertz CT molecular complexity index is 506. The van der Waals surface area contributed by atoms with Crippen LogP contribution in [0.3, 0.4) is 0 Å². The van der Waals surface area contributed by atoms with E-state index in [0.29, 0.717) is 6.54 Å². The molecule has 16 heavy (non-hydrogen) atoms. The quantitative estimate of drug-likeness (QED) is 0.872. The van der Waals surface area contributed by atoms with Gasteiger partial charge in [0, 0.05) is 0 Å². The zero-order valence-corrected chi connectivity index (χ0v) is 9.10. The number of aromatic nitrogens is 4. The highest BCUT2D eigenvalue weighted by atomic mass is 35.5.